The third-order valence-corrected chi connectivity index (χ3v) is 15.8. The van der Waals surface area contributed by atoms with Gasteiger partial charge in [-0.1, -0.05) is 176 Å². The standard InChI is InChI=1S/C69H42N4OS/c1-4-17-43(18-5-1)50-38-51(44-19-6-2-7-20-44)40-52(39-50)46-23-14-24-49(37-46)68-70-67(45-21-8-3-9-22-45)71-69(72-68)55-27-15-32-64-65(55)57-42-48(34-36-63(57)75-64)47-33-35-59-56(41-47)53-25-10-12-28-58(53)73(59)60-29-16-31-62-66(60)54-26-11-13-30-61(54)74-62/h1-42H. The highest BCUT2D eigenvalue weighted by Crippen LogP contribution is 2.44. The maximum Gasteiger partial charge on any atom is 0.164 e. The topological polar surface area (TPSA) is 56.7 Å². The lowest BCUT2D eigenvalue weighted by molar-refractivity contribution is 0.669. The van der Waals surface area contributed by atoms with Crippen LogP contribution in [0.3, 0.4) is 0 Å². The number of furan rings is 1. The van der Waals surface area contributed by atoms with E-state index in [0.717, 1.165) is 94.1 Å². The molecule has 0 fully saturated rings. The van der Waals surface area contributed by atoms with E-state index in [9.17, 15) is 0 Å². The molecule has 0 aliphatic rings. The van der Waals surface area contributed by atoms with E-state index in [0.29, 0.717) is 17.5 Å². The minimum atomic E-state index is 0.616. The minimum Gasteiger partial charge on any atom is -0.456 e. The summed E-state index contributed by atoms with van der Waals surface area (Å²) in [4.78, 5) is 15.9. The zero-order chi connectivity index (χ0) is 49.4. The van der Waals surface area contributed by atoms with E-state index in [1.165, 1.54) is 36.7 Å². The molecule has 15 aromatic rings. The van der Waals surface area contributed by atoms with Crippen molar-refractivity contribution in [1.82, 2.24) is 19.5 Å². The summed E-state index contributed by atoms with van der Waals surface area (Å²) in [7, 11) is 0. The highest BCUT2D eigenvalue weighted by atomic mass is 32.1. The maximum absolute atomic E-state index is 6.37. The number of hydrogen-bond acceptors (Lipinski definition) is 5. The molecule has 0 aliphatic heterocycles. The normalized spacial score (nSPS) is 11.7. The van der Waals surface area contributed by atoms with Gasteiger partial charge in [-0.15, -0.1) is 11.3 Å². The fraction of sp³-hybridized carbons (Fsp3) is 0. The highest BCUT2D eigenvalue weighted by molar-refractivity contribution is 7.26. The molecule has 15 rings (SSSR count). The molecule has 0 amide bonds. The van der Waals surface area contributed by atoms with Crippen molar-refractivity contribution in [3.8, 4) is 84.4 Å². The van der Waals surface area contributed by atoms with Gasteiger partial charge in [-0.3, -0.25) is 0 Å². The summed E-state index contributed by atoms with van der Waals surface area (Å²) < 4.78 is 11.1. The molecule has 0 saturated heterocycles. The fourth-order valence-electron chi connectivity index (χ4n) is 11.1. The van der Waals surface area contributed by atoms with Crippen molar-refractivity contribution >= 4 is 75.3 Å². The molecule has 4 aromatic heterocycles. The van der Waals surface area contributed by atoms with Gasteiger partial charge in [0.15, 0.2) is 17.5 Å². The van der Waals surface area contributed by atoms with E-state index >= 15 is 0 Å². The zero-order valence-electron chi connectivity index (χ0n) is 40.4. The molecular formula is C69H42N4OS. The third kappa shape index (κ3) is 7.33. The van der Waals surface area contributed by atoms with Crippen LogP contribution in [0.1, 0.15) is 0 Å². The maximum atomic E-state index is 6.37. The van der Waals surface area contributed by atoms with Crippen molar-refractivity contribution in [2.24, 2.45) is 0 Å². The Kier molecular flexibility index (Phi) is 10.00. The number of nitrogens with zero attached hydrogens (tertiary/aromatic N) is 4. The molecule has 350 valence electrons. The van der Waals surface area contributed by atoms with E-state index in [-0.39, 0.29) is 0 Å². The molecule has 6 heteroatoms. The van der Waals surface area contributed by atoms with Gasteiger partial charge in [-0.2, -0.15) is 0 Å². The lowest BCUT2D eigenvalue weighted by atomic mass is 9.93. The highest BCUT2D eigenvalue weighted by Gasteiger charge is 2.21. The van der Waals surface area contributed by atoms with Gasteiger partial charge < -0.3 is 8.98 Å². The fourth-order valence-corrected chi connectivity index (χ4v) is 12.2. The summed E-state index contributed by atoms with van der Waals surface area (Å²) in [5.74, 6) is 1.87. The molecule has 75 heavy (non-hydrogen) atoms. The molecule has 0 saturated carbocycles. The van der Waals surface area contributed by atoms with Crippen LogP contribution in [0.4, 0.5) is 0 Å². The lowest BCUT2D eigenvalue weighted by Gasteiger charge is -2.13. The Morgan fingerprint density at radius 1 is 0.293 bits per heavy atom. The Bertz CT molecular complexity index is 4650. The van der Waals surface area contributed by atoms with Crippen molar-refractivity contribution in [3.05, 3.63) is 255 Å². The first-order valence-corrected chi connectivity index (χ1v) is 26.0. The number of rotatable bonds is 8. The van der Waals surface area contributed by atoms with Gasteiger partial charge in [-0.05, 0) is 123 Å². The van der Waals surface area contributed by atoms with Gasteiger partial charge in [0, 0.05) is 53.0 Å². The second-order valence-corrected chi connectivity index (χ2v) is 20.2. The number of aromatic nitrogens is 4. The summed E-state index contributed by atoms with van der Waals surface area (Å²) in [5, 5.41) is 6.92. The van der Waals surface area contributed by atoms with Crippen molar-refractivity contribution in [3.63, 3.8) is 0 Å². The van der Waals surface area contributed by atoms with E-state index in [2.05, 4.69) is 229 Å². The summed E-state index contributed by atoms with van der Waals surface area (Å²) >= 11 is 1.80. The van der Waals surface area contributed by atoms with Crippen LogP contribution in [-0.2, 0) is 0 Å². The van der Waals surface area contributed by atoms with Crippen LogP contribution < -0.4 is 0 Å². The summed E-state index contributed by atoms with van der Waals surface area (Å²) in [6.45, 7) is 0. The van der Waals surface area contributed by atoms with Crippen LogP contribution in [0.2, 0.25) is 0 Å². The van der Waals surface area contributed by atoms with Crippen LogP contribution in [0, 0.1) is 0 Å². The second-order valence-electron chi connectivity index (χ2n) is 19.1. The monoisotopic (exact) mass is 974 g/mol. The average Bonchev–Trinajstić information content (AvgIpc) is 4.19. The van der Waals surface area contributed by atoms with Crippen LogP contribution in [0.25, 0.3) is 148 Å². The van der Waals surface area contributed by atoms with Crippen LogP contribution in [0.15, 0.2) is 259 Å². The van der Waals surface area contributed by atoms with Gasteiger partial charge in [0.2, 0.25) is 0 Å². The first-order valence-electron chi connectivity index (χ1n) is 25.2. The lowest BCUT2D eigenvalue weighted by Crippen LogP contribution is -2.00. The Morgan fingerprint density at radius 3 is 1.57 bits per heavy atom. The summed E-state index contributed by atoms with van der Waals surface area (Å²) in [6, 6.07) is 90.6. The third-order valence-electron chi connectivity index (χ3n) is 14.6. The molecule has 11 aromatic carbocycles. The zero-order valence-corrected chi connectivity index (χ0v) is 41.2. The van der Waals surface area contributed by atoms with Crippen LogP contribution in [0.5, 0.6) is 0 Å². The molecule has 4 heterocycles. The molecular weight excluding hydrogens is 933 g/mol. The number of fused-ring (bicyclic) bond motifs is 9. The SMILES string of the molecule is c1ccc(-c2cc(-c3ccccc3)cc(-c3cccc(-c4nc(-c5ccccc5)nc(-c5cccc6sc7ccc(-c8ccc9c(c8)c8ccccc8n9-c8cccc9oc%10ccccc%10c89)cc7c56)n4)c3)c2)cc1. The Hall–Kier alpha value is -9.75. The number of benzene rings is 11. The van der Waals surface area contributed by atoms with E-state index in [1.807, 2.05) is 30.3 Å². The first-order chi connectivity index (χ1) is 37.1. The van der Waals surface area contributed by atoms with Gasteiger partial charge in [0.05, 0.1) is 22.1 Å². The van der Waals surface area contributed by atoms with Crippen LogP contribution >= 0.6 is 11.3 Å². The van der Waals surface area contributed by atoms with Crippen molar-refractivity contribution < 1.29 is 4.42 Å². The first kappa shape index (κ1) is 42.9. The quantitative estimate of drug-likeness (QED) is 0.152. The summed E-state index contributed by atoms with van der Waals surface area (Å²) in [6.07, 6.45) is 0. The van der Waals surface area contributed by atoms with Gasteiger partial charge in [-0.25, -0.2) is 15.0 Å². The predicted molar refractivity (Wildman–Crippen MR) is 312 cm³/mol. The van der Waals surface area contributed by atoms with Crippen molar-refractivity contribution in [2.45, 2.75) is 0 Å². The number of para-hydroxylation sites is 2. The number of thiophene rings is 1. The van der Waals surface area contributed by atoms with Gasteiger partial charge in [0.25, 0.3) is 0 Å². The molecule has 0 aliphatic carbocycles. The Morgan fingerprint density at radius 2 is 0.813 bits per heavy atom. The summed E-state index contributed by atoms with van der Waals surface area (Å²) in [5.41, 5.74) is 17.1. The largest absolute Gasteiger partial charge is 0.456 e. The molecule has 0 atom stereocenters. The molecule has 0 bridgehead atoms. The molecule has 0 spiro atoms. The Balaban J connectivity index is 0.866. The van der Waals surface area contributed by atoms with Gasteiger partial charge >= 0.3 is 0 Å². The molecule has 0 unspecified atom stereocenters. The van der Waals surface area contributed by atoms with Crippen LogP contribution in [-0.4, -0.2) is 19.5 Å². The average molecular weight is 975 g/mol. The van der Waals surface area contributed by atoms with Crippen molar-refractivity contribution in [2.75, 3.05) is 0 Å². The predicted octanol–water partition coefficient (Wildman–Crippen LogP) is 18.9. The Labute approximate surface area is 435 Å². The van der Waals surface area contributed by atoms with Gasteiger partial charge in [0.1, 0.15) is 11.2 Å². The second kappa shape index (κ2) is 17.5. The molecule has 0 N–H and O–H groups in total. The van der Waals surface area contributed by atoms with E-state index in [1.54, 1.807) is 11.3 Å². The number of hydrogen-bond donors (Lipinski definition) is 0. The smallest absolute Gasteiger partial charge is 0.164 e. The molecule has 5 nitrogen and oxygen atoms in total. The van der Waals surface area contributed by atoms with E-state index < -0.39 is 0 Å². The van der Waals surface area contributed by atoms with Crippen molar-refractivity contribution in [1.29, 1.82) is 0 Å². The molecule has 0 radical (unpaired) electrons. The van der Waals surface area contributed by atoms with E-state index in [4.69, 9.17) is 19.4 Å². The minimum absolute atomic E-state index is 0.616.